The molecule has 28 heavy (non-hydrogen) atoms. The van der Waals surface area contributed by atoms with E-state index in [2.05, 4.69) is 5.32 Å². The number of nitrogens with zero attached hydrogens (tertiary/aromatic N) is 1. The number of alkyl halides is 3. The highest BCUT2D eigenvalue weighted by Crippen LogP contribution is 2.35. The summed E-state index contributed by atoms with van der Waals surface area (Å²) in [6, 6.07) is 10.6. The smallest absolute Gasteiger partial charge is 0.342 e. The lowest BCUT2D eigenvalue weighted by molar-refractivity contribution is -0.137. The Bertz CT molecular complexity index is 865. The maximum absolute atomic E-state index is 13.0. The summed E-state index contributed by atoms with van der Waals surface area (Å²) in [4.78, 5) is 26.1. The van der Waals surface area contributed by atoms with Gasteiger partial charge in [0.1, 0.15) is 5.82 Å². The Morgan fingerprint density at radius 3 is 2.46 bits per heavy atom. The van der Waals surface area contributed by atoms with Crippen molar-refractivity contribution in [2.45, 2.75) is 19.0 Å². The molecule has 1 aliphatic rings. The number of anilines is 1. The molecule has 1 atom stereocenters. The number of amides is 2. The van der Waals surface area contributed by atoms with Crippen LogP contribution in [-0.2, 0) is 22.2 Å². The summed E-state index contributed by atoms with van der Waals surface area (Å²) in [5.41, 5.74) is -0.403. The van der Waals surface area contributed by atoms with Crippen LogP contribution in [0.3, 0.4) is 0 Å². The first kappa shape index (κ1) is 19.9. The summed E-state index contributed by atoms with van der Waals surface area (Å²) >= 11 is 0. The highest BCUT2D eigenvalue weighted by molar-refractivity contribution is 5.97. The summed E-state index contributed by atoms with van der Waals surface area (Å²) in [5, 5.41) is 2.30. The van der Waals surface area contributed by atoms with E-state index in [1.807, 2.05) is 0 Å². The molecule has 0 radical (unpaired) electrons. The number of carbonyl (C=O) groups is 2. The van der Waals surface area contributed by atoms with Gasteiger partial charge in [0.25, 0.3) is 0 Å². The average Bonchev–Trinajstić information content (AvgIpc) is 3.02. The number of carbonyl (C=O) groups excluding carboxylic acids is 2. The van der Waals surface area contributed by atoms with Gasteiger partial charge < -0.3 is 10.2 Å². The normalized spacial score (nSPS) is 17.1. The largest absolute Gasteiger partial charge is 0.418 e. The van der Waals surface area contributed by atoms with E-state index in [4.69, 9.17) is 0 Å². The highest BCUT2D eigenvalue weighted by Gasteiger charge is 2.37. The molecule has 0 bridgehead atoms. The predicted molar refractivity (Wildman–Crippen MR) is 94.9 cm³/mol. The molecule has 2 aromatic carbocycles. The third-order valence-electron chi connectivity index (χ3n) is 4.66. The van der Waals surface area contributed by atoms with E-state index in [-0.39, 0.29) is 30.4 Å². The van der Waals surface area contributed by atoms with E-state index in [9.17, 15) is 27.2 Å². The van der Waals surface area contributed by atoms with Gasteiger partial charge in [-0.05, 0) is 36.2 Å². The van der Waals surface area contributed by atoms with Crippen LogP contribution >= 0.6 is 0 Å². The van der Waals surface area contributed by atoms with Gasteiger partial charge in [-0.15, -0.1) is 0 Å². The van der Waals surface area contributed by atoms with Gasteiger partial charge in [0, 0.05) is 19.5 Å². The van der Waals surface area contributed by atoms with Gasteiger partial charge in [0.2, 0.25) is 11.8 Å². The van der Waals surface area contributed by atoms with E-state index in [1.165, 1.54) is 35.2 Å². The predicted octanol–water partition coefficient (Wildman–Crippen LogP) is 3.87. The third-order valence-corrected chi connectivity index (χ3v) is 4.66. The molecule has 2 amide bonds. The fourth-order valence-electron chi connectivity index (χ4n) is 3.15. The zero-order valence-electron chi connectivity index (χ0n) is 14.8. The van der Waals surface area contributed by atoms with Crippen LogP contribution in [0.5, 0.6) is 0 Å². The Labute approximate surface area is 159 Å². The van der Waals surface area contributed by atoms with Crippen LogP contribution in [-0.4, -0.2) is 29.8 Å². The summed E-state index contributed by atoms with van der Waals surface area (Å²) in [6.07, 6.45) is -4.14. The average molecular weight is 394 g/mol. The van der Waals surface area contributed by atoms with Crippen LogP contribution in [0.2, 0.25) is 0 Å². The lowest BCUT2D eigenvalue weighted by atomic mass is 10.1. The third kappa shape index (κ3) is 4.68. The van der Waals surface area contributed by atoms with E-state index in [0.717, 1.165) is 11.6 Å². The molecule has 1 N–H and O–H groups in total. The molecule has 0 saturated carbocycles. The summed E-state index contributed by atoms with van der Waals surface area (Å²) in [6.45, 7) is 0.493. The van der Waals surface area contributed by atoms with E-state index in [1.54, 1.807) is 12.1 Å². The van der Waals surface area contributed by atoms with Gasteiger partial charge in [-0.2, -0.15) is 13.2 Å². The molecule has 1 fully saturated rings. The minimum absolute atomic E-state index is 0.0521. The van der Waals surface area contributed by atoms with Gasteiger partial charge in [-0.1, -0.05) is 24.3 Å². The lowest BCUT2D eigenvalue weighted by Gasteiger charge is -2.17. The van der Waals surface area contributed by atoms with Crippen molar-refractivity contribution in [3.63, 3.8) is 0 Å². The lowest BCUT2D eigenvalue weighted by Crippen LogP contribution is -2.30. The van der Waals surface area contributed by atoms with Gasteiger partial charge in [-0.3, -0.25) is 9.59 Å². The first-order valence-electron chi connectivity index (χ1n) is 8.73. The molecule has 1 aliphatic heterocycles. The van der Waals surface area contributed by atoms with Crippen molar-refractivity contribution in [2.75, 3.05) is 18.4 Å². The number of nitrogens with one attached hydrogen (secondary N) is 1. The molecule has 0 aliphatic carbocycles. The van der Waals surface area contributed by atoms with Gasteiger partial charge in [0.05, 0.1) is 17.2 Å². The molecule has 1 saturated heterocycles. The van der Waals surface area contributed by atoms with Crippen molar-refractivity contribution >= 4 is 17.5 Å². The van der Waals surface area contributed by atoms with Crippen LogP contribution in [0.25, 0.3) is 0 Å². The van der Waals surface area contributed by atoms with Crippen LogP contribution in [0, 0.1) is 11.7 Å². The van der Waals surface area contributed by atoms with Crippen molar-refractivity contribution in [2.24, 2.45) is 5.92 Å². The van der Waals surface area contributed by atoms with Crippen LogP contribution < -0.4 is 5.32 Å². The Balaban J connectivity index is 1.60. The number of halogens is 4. The number of hydrogen-bond donors (Lipinski definition) is 1. The number of para-hydroxylation sites is 1. The van der Waals surface area contributed by atoms with Crippen molar-refractivity contribution in [3.8, 4) is 0 Å². The molecule has 8 heteroatoms. The minimum Gasteiger partial charge on any atom is -0.342 e. The molecular formula is C20H18F4N2O2. The van der Waals surface area contributed by atoms with Gasteiger partial charge in [-0.25, -0.2) is 4.39 Å². The van der Waals surface area contributed by atoms with Gasteiger partial charge >= 0.3 is 6.18 Å². The van der Waals surface area contributed by atoms with E-state index < -0.39 is 23.6 Å². The monoisotopic (exact) mass is 394 g/mol. The minimum atomic E-state index is -4.59. The highest BCUT2D eigenvalue weighted by atomic mass is 19.4. The molecule has 4 nitrogen and oxygen atoms in total. The number of rotatable bonds is 5. The Hall–Kier alpha value is -2.90. The summed E-state index contributed by atoms with van der Waals surface area (Å²) in [7, 11) is 0. The fourth-order valence-corrected chi connectivity index (χ4v) is 3.15. The van der Waals surface area contributed by atoms with E-state index in [0.29, 0.717) is 13.0 Å². The first-order valence-corrected chi connectivity index (χ1v) is 8.73. The second-order valence-corrected chi connectivity index (χ2v) is 6.65. The van der Waals surface area contributed by atoms with Crippen molar-refractivity contribution in [1.29, 1.82) is 0 Å². The second kappa shape index (κ2) is 8.00. The maximum atomic E-state index is 13.0. The van der Waals surface area contributed by atoms with Crippen molar-refractivity contribution < 1.29 is 27.2 Å². The molecule has 148 valence electrons. The fraction of sp³-hybridized carbons (Fsp3) is 0.300. The number of likely N-dealkylation sites (tertiary alicyclic amines) is 1. The topological polar surface area (TPSA) is 49.4 Å². The zero-order valence-corrected chi connectivity index (χ0v) is 14.8. The molecule has 3 rings (SSSR count). The van der Waals surface area contributed by atoms with Gasteiger partial charge in [0.15, 0.2) is 0 Å². The van der Waals surface area contributed by atoms with Crippen molar-refractivity contribution in [3.05, 3.63) is 65.5 Å². The van der Waals surface area contributed by atoms with E-state index >= 15 is 0 Å². The first-order chi connectivity index (χ1) is 13.2. The van der Waals surface area contributed by atoms with Crippen LogP contribution in [0.1, 0.15) is 17.5 Å². The number of hydrogen-bond acceptors (Lipinski definition) is 2. The molecule has 0 unspecified atom stereocenters. The Morgan fingerprint density at radius 1 is 1.11 bits per heavy atom. The van der Waals surface area contributed by atoms with Crippen LogP contribution in [0.4, 0.5) is 23.2 Å². The molecule has 1 heterocycles. The summed E-state index contributed by atoms with van der Waals surface area (Å²) in [5.74, 6) is -1.92. The quantitative estimate of drug-likeness (QED) is 0.783. The SMILES string of the molecule is O=C(Nc1ccccc1C(F)(F)F)[C@@H]1CC(=O)N(CCc2ccc(F)cc2)C1. The van der Waals surface area contributed by atoms with Crippen LogP contribution in [0.15, 0.2) is 48.5 Å². The van der Waals surface area contributed by atoms with Crippen molar-refractivity contribution in [1.82, 2.24) is 4.90 Å². The standard InChI is InChI=1S/C20H18F4N2O2/c21-15-7-5-13(6-8-15)9-10-26-12-14(11-18(26)27)19(28)25-17-4-2-1-3-16(17)20(22,23)24/h1-8,14H,9-12H2,(H,25,28)/t14-/m1/s1. The second-order valence-electron chi connectivity index (χ2n) is 6.65. The molecule has 0 spiro atoms. The molecular weight excluding hydrogens is 376 g/mol. The number of benzene rings is 2. The Kier molecular flexibility index (Phi) is 5.67. The zero-order chi connectivity index (χ0) is 20.3. The molecule has 2 aromatic rings. The summed E-state index contributed by atoms with van der Waals surface area (Å²) < 4.78 is 52.1. The molecule has 0 aromatic heterocycles. The maximum Gasteiger partial charge on any atom is 0.418 e. The Morgan fingerprint density at radius 2 is 1.79 bits per heavy atom.